The Balaban J connectivity index is 1.49. The molecule has 1 atom stereocenters. The number of aliphatic hydroxyl groups is 1. The van der Waals surface area contributed by atoms with Crippen molar-refractivity contribution < 1.29 is 27.9 Å². The number of benzene rings is 2. The number of halogens is 1. The summed E-state index contributed by atoms with van der Waals surface area (Å²) in [7, 11) is -3.42. The van der Waals surface area contributed by atoms with Crippen LogP contribution in [0.2, 0.25) is 5.02 Å². The molecular formula is C30H32ClNO6S. The smallest absolute Gasteiger partial charge is 0.343 e. The molecule has 5 rings (SSSR count). The Morgan fingerprint density at radius 2 is 1.95 bits per heavy atom. The van der Waals surface area contributed by atoms with Gasteiger partial charge in [0.15, 0.2) is 21.2 Å². The summed E-state index contributed by atoms with van der Waals surface area (Å²) < 4.78 is 30.0. The number of carbonyl (C=O) groups is 2. The maximum atomic E-state index is 13.2. The number of carbonyl (C=O) groups excluding carboxylic acids is 2. The van der Waals surface area contributed by atoms with Gasteiger partial charge < -0.3 is 14.7 Å². The first-order valence-corrected chi connectivity index (χ1v) is 15.5. The fourth-order valence-corrected chi connectivity index (χ4v) is 6.97. The lowest BCUT2D eigenvalue weighted by molar-refractivity contribution is -0.156. The Morgan fingerprint density at radius 1 is 1.21 bits per heavy atom. The van der Waals surface area contributed by atoms with Crippen LogP contribution in [0.5, 0.6) is 0 Å². The molecule has 0 bridgehead atoms. The number of ether oxygens (including phenoxy) is 1. The van der Waals surface area contributed by atoms with Gasteiger partial charge in [-0.1, -0.05) is 49.2 Å². The second-order valence-electron chi connectivity index (χ2n) is 10.8. The molecule has 0 radical (unpaired) electrons. The van der Waals surface area contributed by atoms with Crippen molar-refractivity contribution in [2.24, 2.45) is 5.92 Å². The first-order valence-electron chi connectivity index (χ1n) is 13.2. The zero-order valence-electron chi connectivity index (χ0n) is 21.9. The van der Waals surface area contributed by atoms with Gasteiger partial charge in [-0.2, -0.15) is 0 Å². The summed E-state index contributed by atoms with van der Waals surface area (Å²) in [6.07, 6.45) is 8.62. The molecular weight excluding hydrogens is 538 g/mol. The van der Waals surface area contributed by atoms with Gasteiger partial charge in [0.1, 0.15) is 5.57 Å². The highest BCUT2D eigenvalue weighted by atomic mass is 35.5. The lowest BCUT2D eigenvalue weighted by Gasteiger charge is -2.39. The van der Waals surface area contributed by atoms with Crippen LogP contribution in [0.4, 0.5) is 0 Å². The van der Waals surface area contributed by atoms with E-state index in [1.165, 1.54) is 12.1 Å². The topological polar surface area (TPSA) is 101 Å². The number of likely N-dealkylation sites (tertiary alicyclic amines) is 1. The molecule has 39 heavy (non-hydrogen) atoms. The molecule has 3 aliphatic rings. The van der Waals surface area contributed by atoms with Crippen LogP contribution in [0.15, 0.2) is 53.6 Å². The fraction of sp³-hybridized carbons (Fsp3) is 0.400. The molecule has 1 spiro atoms. The van der Waals surface area contributed by atoms with Gasteiger partial charge in [-0.05, 0) is 67.0 Å². The summed E-state index contributed by atoms with van der Waals surface area (Å²) in [4.78, 5) is 28.1. The standard InChI is InChI=1S/C30H32ClNO6S/c1-3-20-16-23(21-10-6-11-22(15-21)39(2,36)37)25(31)17-24(20)27-28(34)30(38-29(27)35)12-7-13-32(18-30)26(33)14-19-8-4-5-9-19/h3,6,10-11,15-17,19,34H,1,4-5,7-9,12-14,18H2,2H3. The highest BCUT2D eigenvalue weighted by molar-refractivity contribution is 7.90. The normalized spacial score (nSPS) is 22.0. The number of nitrogens with zero attached hydrogens (tertiary/aromatic N) is 1. The second kappa shape index (κ2) is 10.5. The molecule has 2 aliphatic heterocycles. The van der Waals surface area contributed by atoms with Crippen LogP contribution in [0, 0.1) is 5.92 Å². The lowest BCUT2D eigenvalue weighted by atomic mass is 9.87. The van der Waals surface area contributed by atoms with Crippen molar-refractivity contribution in [2.75, 3.05) is 19.3 Å². The van der Waals surface area contributed by atoms with Crippen molar-refractivity contribution in [3.05, 3.63) is 64.9 Å². The van der Waals surface area contributed by atoms with Gasteiger partial charge in [-0.3, -0.25) is 4.79 Å². The van der Waals surface area contributed by atoms with E-state index in [1.54, 1.807) is 35.2 Å². The zero-order valence-corrected chi connectivity index (χ0v) is 23.5. The molecule has 206 valence electrons. The minimum atomic E-state index is -3.42. The van der Waals surface area contributed by atoms with Crippen molar-refractivity contribution in [1.82, 2.24) is 4.90 Å². The van der Waals surface area contributed by atoms with Crippen molar-refractivity contribution in [1.29, 1.82) is 0 Å². The van der Waals surface area contributed by atoms with Crippen LogP contribution in [-0.2, 0) is 24.2 Å². The van der Waals surface area contributed by atoms with E-state index in [0.717, 1.165) is 31.9 Å². The summed E-state index contributed by atoms with van der Waals surface area (Å²) in [5.74, 6) is -0.440. The Bertz CT molecular complexity index is 1490. The molecule has 2 fully saturated rings. The maximum absolute atomic E-state index is 13.2. The zero-order chi connectivity index (χ0) is 27.9. The largest absolute Gasteiger partial charge is 0.507 e. The van der Waals surface area contributed by atoms with Crippen LogP contribution in [-0.4, -0.2) is 55.2 Å². The first kappa shape index (κ1) is 27.5. The van der Waals surface area contributed by atoms with Crippen molar-refractivity contribution in [3.63, 3.8) is 0 Å². The third-order valence-corrected chi connectivity index (χ3v) is 9.53. The third-order valence-electron chi connectivity index (χ3n) is 8.11. The Morgan fingerprint density at radius 3 is 2.64 bits per heavy atom. The summed E-state index contributed by atoms with van der Waals surface area (Å²) in [5.41, 5.74) is 0.761. The van der Waals surface area contributed by atoms with Crippen LogP contribution in [0.3, 0.4) is 0 Å². The third kappa shape index (κ3) is 5.24. The molecule has 1 unspecified atom stereocenters. The molecule has 1 amide bonds. The summed E-state index contributed by atoms with van der Waals surface area (Å²) in [6, 6.07) is 9.72. The molecule has 9 heteroatoms. The van der Waals surface area contributed by atoms with E-state index in [0.29, 0.717) is 54.0 Å². The van der Waals surface area contributed by atoms with E-state index in [4.69, 9.17) is 16.3 Å². The summed E-state index contributed by atoms with van der Waals surface area (Å²) in [5, 5.41) is 11.7. The molecule has 2 heterocycles. The minimum Gasteiger partial charge on any atom is -0.507 e. The van der Waals surface area contributed by atoms with Crippen LogP contribution >= 0.6 is 11.6 Å². The van der Waals surface area contributed by atoms with E-state index in [9.17, 15) is 23.1 Å². The number of piperidine rings is 1. The highest BCUT2D eigenvalue weighted by Crippen LogP contribution is 2.45. The maximum Gasteiger partial charge on any atom is 0.343 e. The van der Waals surface area contributed by atoms with E-state index in [2.05, 4.69) is 6.58 Å². The highest BCUT2D eigenvalue weighted by Gasteiger charge is 2.52. The molecule has 1 aliphatic carbocycles. The molecule has 0 aromatic heterocycles. The van der Waals surface area contributed by atoms with Crippen molar-refractivity contribution in [3.8, 4) is 11.1 Å². The van der Waals surface area contributed by atoms with E-state index >= 15 is 0 Å². The first-order chi connectivity index (χ1) is 18.5. The van der Waals surface area contributed by atoms with Crippen LogP contribution in [0.25, 0.3) is 22.8 Å². The molecule has 7 nitrogen and oxygen atoms in total. The number of aliphatic hydroxyl groups excluding tert-OH is 1. The van der Waals surface area contributed by atoms with E-state index in [1.807, 2.05) is 0 Å². The number of hydrogen-bond donors (Lipinski definition) is 1. The minimum absolute atomic E-state index is 0.00771. The lowest BCUT2D eigenvalue weighted by Crippen LogP contribution is -2.52. The van der Waals surface area contributed by atoms with Gasteiger partial charge in [0.25, 0.3) is 0 Å². The summed E-state index contributed by atoms with van der Waals surface area (Å²) in [6.45, 7) is 4.56. The predicted molar refractivity (Wildman–Crippen MR) is 151 cm³/mol. The van der Waals surface area contributed by atoms with Crippen LogP contribution in [0.1, 0.15) is 56.1 Å². The summed E-state index contributed by atoms with van der Waals surface area (Å²) >= 11 is 6.66. The number of esters is 1. The number of hydrogen-bond acceptors (Lipinski definition) is 6. The van der Waals surface area contributed by atoms with Gasteiger partial charge in [-0.15, -0.1) is 0 Å². The average Bonchev–Trinajstić information content (AvgIpc) is 3.49. The Labute approximate surface area is 234 Å². The van der Waals surface area contributed by atoms with Crippen LogP contribution < -0.4 is 0 Å². The van der Waals surface area contributed by atoms with E-state index in [-0.39, 0.29) is 33.7 Å². The Kier molecular flexibility index (Phi) is 7.37. The van der Waals surface area contributed by atoms with Crippen molar-refractivity contribution >= 4 is 45.0 Å². The molecule has 1 saturated heterocycles. The Hall–Kier alpha value is -3.10. The average molecular weight is 570 g/mol. The monoisotopic (exact) mass is 569 g/mol. The second-order valence-corrected chi connectivity index (χ2v) is 13.2. The SMILES string of the molecule is C=Cc1cc(-c2cccc(S(C)(=O)=O)c2)c(Cl)cc1C1=C(O)C2(CCCN(C(=O)CC3CCCC3)C2)OC1=O. The number of rotatable bonds is 6. The van der Waals surface area contributed by atoms with Gasteiger partial charge in [0, 0.05) is 35.4 Å². The van der Waals surface area contributed by atoms with Gasteiger partial charge >= 0.3 is 5.97 Å². The molecule has 1 saturated carbocycles. The molecule has 2 aromatic rings. The number of sulfone groups is 1. The predicted octanol–water partition coefficient (Wildman–Crippen LogP) is 5.82. The van der Waals surface area contributed by atoms with E-state index < -0.39 is 21.4 Å². The van der Waals surface area contributed by atoms with Gasteiger partial charge in [-0.25, -0.2) is 13.2 Å². The number of amides is 1. The molecule has 1 N–H and O–H groups in total. The van der Waals surface area contributed by atoms with Gasteiger partial charge in [0.05, 0.1) is 11.4 Å². The van der Waals surface area contributed by atoms with Crippen molar-refractivity contribution in [2.45, 2.75) is 55.4 Å². The fourth-order valence-electron chi connectivity index (χ4n) is 6.03. The quantitative estimate of drug-likeness (QED) is 0.440. The van der Waals surface area contributed by atoms with Gasteiger partial charge in [0.2, 0.25) is 5.91 Å². The molecule has 2 aromatic carbocycles.